The van der Waals surface area contributed by atoms with Crippen LogP contribution in [0.4, 0.5) is 5.69 Å². The molecular weight excluding hydrogens is 198 g/mol. The van der Waals surface area contributed by atoms with E-state index in [9.17, 15) is 0 Å². The van der Waals surface area contributed by atoms with Crippen molar-refractivity contribution in [3.63, 3.8) is 0 Å². The molecule has 1 fully saturated rings. The summed E-state index contributed by atoms with van der Waals surface area (Å²) in [6.07, 6.45) is 0. The van der Waals surface area contributed by atoms with Crippen LogP contribution < -0.4 is 10.6 Å². The lowest BCUT2D eigenvalue weighted by Gasteiger charge is -2.29. The van der Waals surface area contributed by atoms with Gasteiger partial charge in [-0.15, -0.1) is 0 Å². The Hall–Kier alpha value is -1.61. The monoisotopic (exact) mass is 213 g/mol. The van der Waals surface area contributed by atoms with E-state index < -0.39 is 0 Å². The maximum absolute atomic E-state index is 4.53. The number of aromatic nitrogens is 1. The summed E-state index contributed by atoms with van der Waals surface area (Å²) in [6.45, 7) is 4.14. The Bertz CT molecular complexity index is 518. The summed E-state index contributed by atoms with van der Waals surface area (Å²) in [5.41, 5.74) is 3.33. The summed E-state index contributed by atoms with van der Waals surface area (Å²) in [7, 11) is 0. The van der Waals surface area contributed by atoms with Gasteiger partial charge in [0, 0.05) is 29.9 Å². The van der Waals surface area contributed by atoms with E-state index in [4.69, 9.17) is 0 Å². The number of fused-ring (bicyclic) bond motifs is 1. The molecule has 2 N–H and O–H groups in total. The Morgan fingerprint density at radius 3 is 2.88 bits per heavy atom. The number of pyridine rings is 1. The summed E-state index contributed by atoms with van der Waals surface area (Å²) in [5, 5.41) is 8.03. The zero-order valence-electron chi connectivity index (χ0n) is 9.33. The van der Waals surface area contributed by atoms with Gasteiger partial charge in [-0.05, 0) is 19.1 Å². The van der Waals surface area contributed by atoms with E-state index in [-0.39, 0.29) is 0 Å². The fourth-order valence-electron chi connectivity index (χ4n) is 2.04. The van der Waals surface area contributed by atoms with Crippen molar-refractivity contribution in [3.05, 3.63) is 36.0 Å². The average molecular weight is 213 g/mol. The van der Waals surface area contributed by atoms with Gasteiger partial charge in [0.05, 0.1) is 11.6 Å². The second-order valence-corrected chi connectivity index (χ2v) is 4.33. The third kappa shape index (κ3) is 1.63. The molecule has 2 aromatic rings. The summed E-state index contributed by atoms with van der Waals surface area (Å²) >= 11 is 0. The third-order valence-corrected chi connectivity index (χ3v) is 2.99. The molecule has 3 heteroatoms. The Labute approximate surface area is 94.9 Å². The zero-order chi connectivity index (χ0) is 11.0. The van der Waals surface area contributed by atoms with E-state index in [1.165, 1.54) is 11.1 Å². The molecular formula is C13H15N3. The molecule has 0 saturated carbocycles. The summed E-state index contributed by atoms with van der Waals surface area (Å²) in [6, 6.07) is 11.0. The molecule has 0 unspecified atom stereocenters. The summed E-state index contributed by atoms with van der Waals surface area (Å²) in [4.78, 5) is 4.53. The second kappa shape index (κ2) is 3.76. The average Bonchev–Trinajstić information content (AvgIpc) is 2.23. The van der Waals surface area contributed by atoms with E-state index in [2.05, 4.69) is 39.9 Å². The van der Waals surface area contributed by atoms with Crippen LogP contribution in [0.25, 0.3) is 10.9 Å². The fourth-order valence-corrected chi connectivity index (χ4v) is 2.04. The van der Waals surface area contributed by atoms with E-state index >= 15 is 0 Å². The van der Waals surface area contributed by atoms with Crippen LogP contribution in [0.3, 0.4) is 0 Å². The van der Waals surface area contributed by atoms with Crippen molar-refractivity contribution < 1.29 is 0 Å². The normalized spacial score (nSPS) is 16.1. The predicted molar refractivity (Wildman–Crippen MR) is 66.8 cm³/mol. The minimum atomic E-state index is 0.560. The quantitative estimate of drug-likeness (QED) is 0.800. The summed E-state index contributed by atoms with van der Waals surface area (Å²) < 4.78 is 0. The Morgan fingerprint density at radius 2 is 2.12 bits per heavy atom. The Balaban J connectivity index is 2.06. The molecule has 1 aromatic heterocycles. The van der Waals surface area contributed by atoms with E-state index in [1.54, 1.807) is 0 Å². The Kier molecular flexibility index (Phi) is 2.26. The number of anilines is 1. The van der Waals surface area contributed by atoms with Crippen LogP contribution in [-0.4, -0.2) is 24.1 Å². The van der Waals surface area contributed by atoms with Gasteiger partial charge in [0.1, 0.15) is 0 Å². The molecule has 1 aliphatic rings. The number of nitrogens with zero attached hydrogens (tertiary/aromatic N) is 1. The second-order valence-electron chi connectivity index (χ2n) is 4.33. The van der Waals surface area contributed by atoms with E-state index in [1.807, 2.05) is 13.0 Å². The molecule has 0 spiro atoms. The molecule has 3 rings (SSSR count). The molecule has 1 aromatic carbocycles. The molecule has 0 atom stereocenters. The van der Waals surface area contributed by atoms with Crippen molar-refractivity contribution >= 4 is 16.6 Å². The molecule has 16 heavy (non-hydrogen) atoms. The molecule has 82 valence electrons. The lowest BCUT2D eigenvalue weighted by Crippen LogP contribution is -2.51. The molecule has 0 aliphatic carbocycles. The van der Waals surface area contributed by atoms with E-state index in [0.29, 0.717) is 6.04 Å². The highest BCUT2D eigenvalue weighted by molar-refractivity contribution is 5.91. The van der Waals surface area contributed by atoms with Crippen molar-refractivity contribution in [2.24, 2.45) is 0 Å². The Morgan fingerprint density at radius 1 is 1.31 bits per heavy atom. The van der Waals surface area contributed by atoms with Gasteiger partial charge in [-0.25, -0.2) is 0 Å². The van der Waals surface area contributed by atoms with Gasteiger partial charge in [0.25, 0.3) is 0 Å². The van der Waals surface area contributed by atoms with Gasteiger partial charge in [0.15, 0.2) is 0 Å². The molecule has 0 amide bonds. The van der Waals surface area contributed by atoms with Crippen molar-refractivity contribution in [3.8, 4) is 0 Å². The van der Waals surface area contributed by atoms with Crippen LogP contribution in [-0.2, 0) is 0 Å². The van der Waals surface area contributed by atoms with Crippen LogP contribution in [0.5, 0.6) is 0 Å². The maximum atomic E-state index is 4.53. The fraction of sp³-hybridized carbons (Fsp3) is 0.308. The van der Waals surface area contributed by atoms with Crippen LogP contribution in [0, 0.1) is 6.92 Å². The number of nitrogens with one attached hydrogen (secondary N) is 2. The van der Waals surface area contributed by atoms with Crippen LogP contribution in [0.1, 0.15) is 5.69 Å². The maximum Gasteiger partial charge on any atom is 0.0725 e. The van der Waals surface area contributed by atoms with Crippen LogP contribution in [0.15, 0.2) is 30.3 Å². The lowest BCUT2D eigenvalue weighted by molar-refractivity contribution is 0.472. The molecule has 0 radical (unpaired) electrons. The van der Waals surface area contributed by atoms with Crippen molar-refractivity contribution in [1.29, 1.82) is 0 Å². The zero-order valence-corrected chi connectivity index (χ0v) is 9.33. The molecule has 1 aliphatic heterocycles. The van der Waals surface area contributed by atoms with Crippen LogP contribution in [0.2, 0.25) is 0 Å². The van der Waals surface area contributed by atoms with Gasteiger partial charge in [0.2, 0.25) is 0 Å². The predicted octanol–water partition coefficient (Wildman–Crippen LogP) is 1.93. The first-order chi connectivity index (χ1) is 7.83. The van der Waals surface area contributed by atoms with E-state index in [0.717, 1.165) is 24.3 Å². The number of benzene rings is 1. The SMILES string of the molecule is Cc1cc(NC2CNC2)c2ccccc2n1. The summed E-state index contributed by atoms with van der Waals surface area (Å²) in [5.74, 6) is 0. The minimum Gasteiger partial charge on any atom is -0.379 e. The molecule has 2 heterocycles. The van der Waals surface area contributed by atoms with Crippen molar-refractivity contribution in [1.82, 2.24) is 10.3 Å². The van der Waals surface area contributed by atoms with Crippen LogP contribution >= 0.6 is 0 Å². The molecule has 0 bridgehead atoms. The number of rotatable bonds is 2. The number of aryl methyl sites for hydroxylation is 1. The third-order valence-electron chi connectivity index (χ3n) is 2.99. The number of hydrogen-bond donors (Lipinski definition) is 2. The van der Waals surface area contributed by atoms with Crippen molar-refractivity contribution in [2.45, 2.75) is 13.0 Å². The van der Waals surface area contributed by atoms with Gasteiger partial charge < -0.3 is 10.6 Å². The van der Waals surface area contributed by atoms with Gasteiger partial charge in [-0.3, -0.25) is 4.98 Å². The first-order valence-corrected chi connectivity index (χ1v) is 5.66. The number of hydrogen-bond acceptors (Lipinski definition) is 3. The van der Waals surface area contributed by atoms with Gasteiger partial charge in [-0.1, -0.05) is 18.2 Å². The topological polar surface area (TPSA) is 37.0 Å². The minimum absolute atomic E-state index is 0.560. The number of para-hydroxylation sites is 1. The highest BCUT2D eigenvalue weighted by atomic mass is 15.1. The lowest BCUT2D eigenvalue weighted by atomic mass is 10.1. The highest BCUT2D eigenvalue weighted by Crippen LogP contribution is 2.23. The standard InChI is InChI=1S/C13H15N3/c1-9-6-13(16-10-7-14-8-10)11-4-2-3-5-12(11)15-9/h2-6,10,14H,7-8H2,1H3,(H,15,16). The first kappa shape index (κ1) is 9.60. The van der Waals surface area contributed by atoms with Crippen molar-refractivity contribution in [2.75, 3.05) is 18.4 Å². The van der Waals surface area contributed by atoms with Gasteiger partial charge in [-0.2, -0.15) is 0 Å². The smallest absolute Gasteiger partial charge is 0.0725 e. The molecule has 3 nitrogen and oxygen atoms in total. The highest BCUT2D eigenvalue weighted by Gasteiger charge is 2.17. The molecule has 1 saturated heterocycles. The first-order valence-electron chi connectivity index (χ1n) is 5.66. The van der Waals surface area contributed by atoms with Gasteiger partial charge >= 0.3 is 0 Å². The largest absolute Gasteiger partial charge is 0.379 e.